The molecule has 2 N–H and O–H groups in total. The molecule has 6 heteroatoms. The normalized spacial score (nSPS) is 23.9. The molecule has 0 spiro atoms. The van der Waals surface area contributed by atoms with Crippen molar-refractivity contribution in [2.45, 2.75) is 37.8 Å². The molecular weight excluding hydrogens is 254 g/mol. The maximum absolute atomic E-state index is 13.9. The molecule has 0 aliphatic heterocycles. The summed E-state index contributed by atoms with van der Waals surface area (Å²) in [6.07, 6.45) is 1.95. The minimum Gasteiger partial charge on any atom is -0.393 e. The molecule has 1 fully saturated rings. The monoisotopic (exact) mass is 268 g/mol. The number of imidazole rings is 1. The van der Waals surface area contributed by atoms with Crippen LogP contribution in [0.4, 0.5) is 8.78 Å². The molecule has 1 saturated carbocycles. The van der Waals surface area contributed by atoms with Crippen molar-refractivity contribution in [1.82, 2.24) is 9.55 Å². The van der Waals surface area contributed by atoms with Gasteiger partial charge in [-0.15, -0.1) is 0 Å². The molecule has 2 aromatic rings. The van der Waals surface area contributed by atoms with E-state index in [1.165, 1.54) is 10.6 Å². The van der Waals surface area contributed by atoms with Gasteiger partial charge in [0.25, 0.3) is 0 Å². The number of aliphatic hydroxyl groups is 1. The number of halogens is 2. The maximum atomic E-state index is 13.9. The molecule has 0 saturated heterocycles. The second-order valence-corrected chi connectivity index (χ2v) is 5.02. The van der Waals surface area contributed by atoms with Gasteiger partial charge in [-0.2, -0.15) is 0 Å². The van der Waals surface area contributed by atoms with Crippen molar-refractivity contribution in [3.05, 3.63) is 34.3 Å². The Kier molecular flexibility index (Phi) is 2.89. The van der Waals surface area contributed by atoms with Gasteiger partial charge in [0, 0.05) is 6.04 Å². The van der Waals surface area contributed by atoms with Gasteiger partial charge in [0.2, 0.25) is 0 Å². The Balaban J connectivity index is 2.15. The number of hydrogen-bond donors (Lipinski definition) is 2. The Hall–Kier alpha value is -1.69. The first kappa shape index (κ1) is 12.3. The average Bonchev–Trinajstić information content (AvgIpc) is 2.72. The van der Waals surface area contributed by atoms with Crippen LogP contribution in [0.15, 0.2) is 16.9 Å². The summed E-state index contributed by atoms with van der Waals surface area (Å²) in [5.41, 5.74) is -0.137. The van der Waals surface area contributed by atoms with E-state index in [9.17, 15) is 18.7 Å². The van der Waals surface area contributed by atoms with E-state index in [1.54, 1.807) is 0 Å². The van der Waals surface area contributed by atoms with Crippen LogP contribution in [-0.4, -0.2) is 20.8 Å². The highest BCUT2D eigenvalue weighted by molar-refractivity contribution is 5.76. The van der Waals surface area contributed by atoms with Crippen molar-refractivity contribution in [2.75, 3.05) is 0 Å². The summed E-state index contributed by atoms with van der Waals surface area (Å²) in [6.45, 7) is 0. The first-order chi connectivity index (χ1) is 9.08. The highest BCUT2D eigenvalue weighted by Crippen LogP contribution is 2.30. The molecule has 1 aromatic heterocycles. The lowest BCUT2D eigenvalue weighted by Crippen LogP contribution is -2.27. The second-order valence-electron chi connectivity index (χ2n) is 5.02. The van der Waals surface area contributed by atoms with Crippen LogP contribution in [0.2, 0.25) is 0 Å². The summed E-state index contributed by atoms with van der Waals surface area (Å²) in [5, 5.41) is 9.48. The summed E-state index contributed by atoms with van der Waals surface area (Å²) in [6, 6.07) is 2.17. The predicted octanol–water partition coefficient (Wildman–Crippen LogP) is 2.08. The molecule has 0 unspecified atom stereocenters. The lowest BCUT2D eigenvalue weighted by atomic mass is 9.93. The van der Waals surface area contributed by atoms with E-state index >= 15 is 0 Å². The Morgan fingerprint density at radius 2 is 1.89 bits per heavy atom. The van der Waals surface area contributed by atoms with Crippen LogP contribution in [0.5, 0.6) is 0 Å². The molecule has 1 aliphatic rings. The second kappa shape index (κ2) is 4.45. The lowest BCUT2D eigenvalue weighted by Gasteiger charge is -2.26. The van der Waals surface area contributed by atoms with Gasteiger partial charge in [-0.05, 0) is 37.8 Å². The molecule has 1 heterocycles. The number of nitrogens with zero attached hydrogens (tertiary/aromatic N) is 1. The fraction of sp³-hybridized carbons (Fsp3) is 0.462. The number of fused-ring (bicyclic) bond motifs is 1. The number of aromatic nitrogens is 2. The Labute approximate surface area is 107 Å². The largest absolute Gasteiger partial charge is 0.393 e. The number of nitrogens with one attached hydrogen (secondary N) is 1. The highest BCUT2D eigenvalue weighted by atomic mass is 19.2. The van der Waals surface area contributed by atoms with Gasteiger partial charge in [-0.1, -0.05) is 0 Å². The van der Waals surface area contributed by atoms with Gasteiger partial charge < -0.3 is 10.1 Å². The third-order valence-electron chi connectivity index (χ3n) is 3.80. The van der Waals surface area contributed by atoms with Crippen molar-refractivity contribution in [2.24, 2.45) is 0 Å². The Bertz CT molecular complexity index is 669. The summed E-state index contributed by atoms with van der Waals surface area (Å²) < 4.78 is 28.5. The van der Waals surface area contributed by atoms with Gasteiger partial charge in [0.15, 0.2) is 11.6 Å². The van der Waals surface area contributed by atoms with Crippen LogP contribution in [0.3, 0.4) is 0 Å². The zero-order chi connectivity index (χ0) is 13.6. The number of rotatable bonds is 1. The van der Waals surface area contributed by atoms with Crippen LogP contribution in [0, 0.1) is 11.6 Å². The molecule has 0 bridgehead atoms. The van der Waals surface area contributed by atoms with Gasteiger partial charge in [0.05, 0.1) is 11.6 Å². The van der Waals surface area contributed by atoms with Crippen molar-refractivity contribution in [3.63, 3.8) is 0 Å². The fourth-order valence-electron chi connectivity index (χ4n) is 2.82. The molecule has 3 rings (SSSR count). The molecule has 0 atom stereocenters. The van der Waals surface area contributed by atoms with E-state index in [2.05, 4.69) is 4.98 Å². The third kappa shape index (κ3) is 1.96. The molecule has 0 radical (unpaired) electrons. The minimum absolute atomic E-state index is 0.00797. The summed E-state index contributed by atoms with van der Waals surface area (Å²) in [7, 11) is 0. The zero-order valence-electron chi connectivity index (χ0n) is 10.2. The highest BCUT2D eigenvalue weighted by Gasteiger charge is 2.25. The van der Waals surface area contributed by atoms with Crippen LogP contribution in [0.1, 0.15) is 31.7 Å². The van der Waals surface area contributed by atoms with Gasteiger partial charge >= 0.3 is 5.69 Å². The average molecular weight is 268 g/mol. The van der Waals surface area contributed by atoms with Crippen LogP contribution >= 0.6 is 0 Å². The molecule has 1 aliphatic carbocycles. The minimum atomic E-state index is -0.998. The molecule has 0 amide bonds. The first-order valence-electron chi connectivity index (χ1n) is 6.34. The maximum Gasteiger partial charge on any atom is 0.326 e. The quantitative estimate of drug-likeness (QED) is 0.832. The van der Waals surface area contributed by atoms with E-state index in [0.717, 1.165) is 6.07 Å². The summed E-state index contributed by atoms with van der Waals surface area (Å²) >= 11 is 0. The zero-order valence-corrected chi connectivity index (χ0v) is 10.2. The number of aromatic amines is 1. The van der Waals surface area contributed by atoms with Crippen LogP contribution < -0.4 is 5.69 Å². The van der Waals surface area contributed by atoms with Crippen molar-refractivity contribution >= 4 is 11.0 Å². The Morgan fingerprint density at radius 1 is 1.21 bits per heavy atom. The number of hydrogen-bond acceptors (Lipinski definition) is 2. The third-order valence-corrected chi connectivity index (χ3v) is 3.80. The van der Waals surface area contributed by atoms with Crippen molar-refractivity contribution in [1.29, 1.82) is 0 Å². The van der Waals surface area contributed by atoms with E-state index in [0.29, 0.717) is 31.2 Å². The van der Waals surface area contributed by atoms with Crippen molar-refractivity contribution in [3.8, 4) is 0 Å². The topological polar surface area (TPSA) is 58.0 Å². The summed E-state index contributed by atoms with van der Waals surface area (Å²) in [4.78, 5) is 14.5. The van der Waals surface area contributed by atoms with Crippen molar-refractivity contribution < 1.29 is 13.9 Å². The van der Waals surface area contributed by atoms with E-state index < -0.39 is 17.3 Å². The predicted molar refractivity (Wildman–Crippen MR) is 66.0 cm³/mol. The van der Waals surface area contributed by atoms with E-state index in [4.69, 9.17) is 0 Å². The molecule has 1 aromatic carbocycles. The standard InChI is InChI=1S/C13H14F2N2O2/c14-9-5-6-10-12(11(9)15)17(13(19)16-10)7-1-3-8(18)4-2-7/h5-8,18H,1-4H2,(H,16,19). The number of aliphatic hydroxyl groups excluding tert-OH is 1. The molecular formula is C13H14F2N2O2. The van der Waals surface area contributed by atoms with Crippen LogP contribution in [0.25, 0.3) is 11.0 Å². The number of benzene rings is 1. The van der Waals surface area contributed by atoms with E-state index in [1.807, 2.05) is 0 Å². The first-order valence-corrected chi connectivity index (χ1v) is 6.34. The van der Waals surface area contributed by atoms with E-state index in [-0.39, 0.29) is 17.7 Å². The molecule has 4 nitrogen and oxygen atoms in total. The molecule has 19 heavy (non-hydrogen) atoms. The Morgan fingerprint density at radius 3 is 2.58 bits per heavy atom. The van der Waals surface area contributed by atoms with Gasteiger partial charge in [0.1, 0.15) is 5.52 Å². The fourth-order valence-corrected chi connectivity index (χ4v) is 2.82. The van der Waals surface area contributed by atoms with Crippen LogP contribution in [-0.2, 0) is 0 Å². The van der Waals surface area contributed by atoms with Gasteiger partial charge in [-0.3, -0.25) is 4.57 Å². The SMILES string of the molecule is O=c1[nH]c2ccc(F)c(F)c2n1C1CCC(O)CC1. The van der Waals surface area contributed by atoms with Gasteiger partial charge in [-0.25, -0.2) is 13.6 Å². The number of H-pyrrole nitrogens is 1. The molecule has 102 valence electrons. The smallest absolute Gasteiger partial charge is 0.326 e. The lowest BCUT2D eigenvalue weighted by molar-refractivity contribution is 0.111. The summed E-state index contributed by atoms with van der Waals surface area (Å²) in [5.74, 6) is -1.96.